The summed E-state index contributed by atoms with van der Waals surface area (Å²) in [7, 11) is 0. The van der Waals surface area contributed by atoms with Gasteiger partial charge in [-0.3, -0.25) is 4.79 Å². The van der Waals surface area contributed by atoms with Crippen molar-refractivity contribution < 1.29 is 4.79 Å². The van der Waals surface area contributed by atoms with E-state index < -0.39 is 0 Å². The number of Topliss-reactive ketones (excluding diaryl/α,β-unsaturated/α-hetero) is 1. The fourth-order valence-corrected chi connectivity index (χ4v) is 3.63. The molecule has 1 aromatic heterocycles. The molecule has 1 aliphatic heterocycles. The van der Waals surface area contributed by atoms with E-state index in [1.165, 1.54) is 19.3 Å². The summed E-state index contributed by atoms with van der Waals surface area (Å²) in [5.74, 6) is 0.307. The SMILES string of the molecule is CCCN(CCCC(=O)c1cccs1)C1CCNCC1. The normalized spacial score (nSPS) is 16.7. The van der Waals surface area contributed by atoms with E-state index in [2.05, 4.69) is 17.1 Å². The number of hydrogen-bond donors (Lipinski definition) is 1. The Balaban J connectivity index is 1.75. The van der Waals surface area contributed by atoms with Gasteiger partial charge in [0.25, 0.3) is 0 Å². The zero-order chi connectivity index (χ0) is 14.2. The number of rotatable bonds is 8. The largest absolute Gasteiger partial charge is 0.317 e. The molecule has 0 spiro atoms. The van der Waals surface area contributed by atoms with Gasteiger partial charge in [0, 0.05) is 12.5 Å². The van der Waals surface area contributed by atoms with Crippen molar-refractivity contribution in [1.82, 2.24) is 10.2 Å². The molecule has 20 heavy (non-hydrogen) atoms. The Morgan fingerprint density at radius 3 is 2.85 bits per heavy atom. The number of nitrogens with zero attached hydrogens (tertiary/aromatic N) is 1. The first kappa shape index (κ1) is 15.7. The number of hydrogen-bond acceptors (Lipinski definition) is 4. The van der Waals surface area contributed by atoms with E-state index in [-0.39, 0.29) is 0 Å². The summed E-state index contributed by atoms with van der Waals surface area (Å²) in [6, 6.07) is 4.60. The third-order valence-corrected chi connectivity index (χ3v) is 4.89. The lowest BCUT2D eigenvalue weighted by Crippen LogP contribution is -2.43. The molecule has 1 fully saturated rings. The molecule has 0 aliphatic carbocycles. The van der Waals surface area contributed by atoms with Crippen LogP contribution < -0.4 is 5.32 Å². The number of ketones is 1. The maximum atomic E-state index is 12.0. The number of nitrogens with one attached hydrogen (secondary N) is 1. The van der Waals surface area contributed by atoms with Crippen molar-refractivity contribution in [2.75, 3.05) is 26.2 Å². The Labute approximate surface area is 126 Å². The van der Waals surface area contributed by atoms with Gasteiger partial charge in [-0.25, -0.2) is 0 Å². The van der Waals surface area contributed by atoms with Crippen LogP contribution in [0, 0.1) is 0 Å². The first-order chi connectivity index (χ1) is 9.81. The van der Waals surface area contributed by atoms with Crippen molar-refractivity contribution in [3.05, 3.63) is 22.4 Å². The third-order valence-electron chi connectivity index (χ3n) is 3.98. The van der Waals surface area contributed by atoms with E-state index in [9.17, 15) is 4.79 Å². The number of carbonyl (C=O) groups is 1. The van der Waals surface area contributed by atoms with Gasteiger partial charge in [-0.05, 0) is 63.3 Å². The van der Waals surface area contributed by atoms with Crippen LogP contribution in [0.3, 0.4) is 0 Å². The highest BCUT2D eigenvalue weighted by Crippen LogP contribution is 2.16. The van der Waals surface area contributed by atoms with Gasteiger partial charge in [-0.15, -0.1) is 11.3 Å². The van der Waals surface area contributed by atoms with E-state index >= 15 is 0 Å². The summed E-state index contributed by atoms with van der Waals surface area (Å²) < 4.78 is 0. The Morgan fingerprint density at radius 2 is 2.20 bits per heavy atom. The minimum atomic E-state index is 0.307. The second kappa shape index (κ2) is 8.55. The molecule has 1 aromatic rings. The Hall–Kier alpha value is -0.710. The molecular weight excluding hydrogens is 268 g/mol. The van der Waals surface area contributed by atoms with Gasteiger partial charge in [-0.2, -0.15) is 0 Å². The minimum Gasteiger partial charge on any atom is -0.317 e. The van der Waals surface area contributed by atoms with E-state index in [1.54, 1.807) is 11.3 Å². The smallest absolute Gasteiger partial charge is 0.172 e. The average Bonchev–Trinajstić information content (AvgIpc) is 3.01. The Kier molecular flexibility index (Phi) is 6.70. The van der Waals surface area contributed by atoms with Crippen molar-refractivity contribution >= 4 is 17.1 Å². The van der Waals surface area contributed by atoms with E-state index in [1.807, 2.05) is 17.5 Å². The molecule has 1 aliphatic rings. The molecule has 0 bridgehead atoms. The summed E-state index contributed by atoms with van der Waals surface area (Å²) in [5.41, 5.74) is 0. The van der Waals surface area contributed by atoms with Gasteiger partial charge >= 0.3 is 0 Å². The molecule has 0 atom stereocenters. The van der Waals surface area contributed by atoms with Crippen molar-refractivity contribution in [3.63, 3.8) is 0 Å². The zero-order valence-corrected chi connectivity index (χ0v) is 13.3. The average molecular weight is 294 g/mol. The maximum Gasteiger partial charge on any atom is 0.172 e. The van der Waals surface area contributed by atoms with Crippen LogP contribution in [0.25, 0.3) is 0 Å². The number of thiophene rings is 1. The molecule has 4 heteroatoms. The summed E-state index contributed by atoms with van der Waals surface area (Å²) in [6.07, 6.45) is 5.37. The number of carbonyl (C=O) groups excluding carboxylic acids is 1. The highest BCUT2D eigenvalue weighted by Gasteiger charge is 2.20. The molecule has 2 heterocycles. The van der Waals surface area contributed by atoms with Crippen LogP contribution in [-0.4, -0.2) is 42.9 Å². The topological polar surface area (TPSA) is 32.3 Å². The monoisotopic (exact) mass is 294 g/mol. The summed E-state index contributed by atoms with van der Waals surface area (Å²) >= 11 is 1.56. The summed E-state index contributed by atoms with van der Waals surface area (Å²) in [5, 5.41) is 5.40. The van der Waals surface area contributed by atoms with Gasteiger partial charge < -0.3 is 10.2 Å². The molecule has 112 valence electrons. The van der Waals surface area contributed by atoms with Crippen LogP contribution in [0.2, 0.25) is 0 Å². The highest BCUT2D eigenvalue weighted by molar-refractivity contribution is 7.12. The fourth-order valence-electron chi connectivity index (χ4n) is 2.94. The molecule has 0 radical (unpaired) electrons. The summed E-state index contributed by atoms with van der Waals surface area (Å²) in [6.45, 7) is 6.75. The van der Waals surface area contributed by atoms with E-state index in [4.69, 9.17) is 0 Å². The highest BCUT2D eigenvalue weighted by atomic mass is 32.1. The molecule has 0 amide bonds. The van der Waals surface area contributed by atoms with Crippen molar-refractivity contribution in [1.29, 1.82) is 0 Å². The van der Waals surface area contributed by atoms with E-state index in [0.29, 0.717) is 18.2 Å². The zero-order valence-electron chi connectivity index (χ0n) is 12.4. The van der Waals surface area contributed by atoms with Crippen LogP contribution >= 0.6 is 11.3 Å². The Morgan fingerprint density at radius 1 is 1.40 bits per heavy atom. The standard InChI is InChI=1S/C16H26N2OS/c1-2-11-18(14-7-9-17-10-8-14)12-3-5-15(19)16-6-4-13-20-16/h4,6,13-14,17H,2-3,5,7-12H2,1H3. The molecule has 3 nitrogen and oxygen atoms in total. The lowest BCUT2D eigenvalue weighted by molar-refractivity contribution is 0.0969. The van der Waals surface area contributed by atoms with Crippen LogP contribution in [0.1, 0.15) is 48.7 Å². The van der Waals surface area contributed by atoms with Crippen LogP contribution in [0.5, 0.6) is 0 Å². The maximum absolute atomic E-state index is 12.0. The van der Waals surface area contributed by atoms with Crippen LogP contribution in [-0.2, 0) is 0 Å². The summed E-state index contributed by atoms with van der Waals surface area (Å²) in [4.78, 5) is 15.5. The predicted molar refractivity (Wildman–Crippen MR) is 85.6 cm³/mol. The molecule has 0 saturated carbocycles. The van der Waals surface area contributed by atoms with Gasteiger partial charge in [0.05, 0.1) is 4.88 Å². The molecular formula is C16H26N2OS. The lowest BCUT2D eigenvalue weighted by atomic mass is 10.0. The molecule has 0 unspecified atom stereocenters. The van der Waals surface area contributed by atoms with Gasteiger partial charge in [-0.1, -0.05) is 13.0 Å². The minimum absolute atomic E-state index is 0.307. The molecule has 2 rings (SSSR count). The second-order valence-corrected chi connectivity index (χ2v) is 6.47. The van der Waals surface area contributed by atoms with Crippen molar-refractivity contribution in [2.24, 2.45) is 0 Å². The van der Waals surface area contributed by atoms with Gasteiger partial charge in [0.15, 0.2) is 5.78 Å². The van der Waals surface area contributed by atoms with Crippen LogP contribution in [0.4, 0.5) is 0 Å². The van der Waals surface area contributed by atoms with Crippen molar-refractivity contribution in [3.8, 4) is 0 Å². The molecule has 1 saturated heterocycles. The molecule has 0 aromatic carbocycles. The predicted octanol–water partition coefficient (Wildman–Crippen LogP) is 3.18. The van der Waals surface area contributed by atoms with Crippen molar-refractivity contribution in [2.45, 2.75) is 45.1 Å². The molecule has 1 N–H and O–H groups in total. The first-order valence-electron chi connectivity index (χ1n) is 7.82. The van der Waals surface area contributed by atoms with E-state index in [0.717, 1.165) is 37.5 Å². The third kappa shape index (κ3) is 4.69. The van der Waals surface area contributed by atoms with Gasteiger partial charge in [0.2, 0.25) is 0 Å². The first-order valence-corrected chi connectivity index (χ1v) is 8.70. The van der Waals surface area contributed by atoms with Crippen LogP contribution in [0.15, 0.2) is 17.5 Å². The van der Waals surface area contributed by atoms with Gasteiger partial charge in [0.1, 0.15) is 0 Å². The Bertz CT molecular complexity index is 385. The lowest BCUT2D eigenvalue weighted by Gasteiger charge is -2.34. The second-order valence-electron chi connectivity index (χ2n) is 5.52. The fraction of sp³-hybridized carbons (Fsp3) is 0.688. The number of piperidine rings is 1. The quantitative estimate of drug-likeness (QED) is 0.747.